The summed E-state index contributed by atoms with van der Waals surface area (Å²) in [5, 5.41) is 13.9. The van der Waals surface area contributed by atoms with Crippen molar-refractivity contribution in [3.63, 3.8) is 0 Å². The Morgan fingerprint density at radius 1 is 0.963 bits per heavy atom. The first kappa shape index (κ1) is 19.8. The highest BCUT2D eigenvalue weighted by atomic mass is 16.5. The molecule has 0 spiro atoms. The van der Waals surface area contributed by atoms with Gasteiger partial charge in [-0.25, -0.2) is 0 Å². The third-order valence-corrected chi connectivity index (χ3v) is 3.78. The number of rotatable bonds is 8. The Bertz CT molecular complexity index is 841. The van der Waals surface area contributed by atoms with Crippen molar-refractivity contribution in [2.75, 3.05) is 19.5 Å². The van der Waals surface area contributed by atoms with Gasteiger partial charge in [0.15, 0.2) is 11.5 Å². The fourth-order valence-electron chi connectivity index (χ4n) is 2.42. The highest BCUT2D eigenvalue weighted by molar-refractivity contribution is 5.92. The van der Waals surface area contributed by atoms with Gasteiger partial charge in [0.25, 0.3) is 0 Å². The SMILES string of the molecule is COc1ccc(CC(=O)NCc2ccc(NC(=O)CC#N)cc2)cc1OC. The molecular formula is C20H21N3O4. The zero-order valence-corrected chi connectivity index (χ0v) is 15.2. The lowest BCUT2D eigenvalue weighted by Crippen LogP contribution is -2.24. The van der Waals surface area contributed by atoms with Gasteiger partial charge in [0.2, 0.25) is 11.8 Å². The largest absolute Gasteiger partial charge is 0.493 e. The smallest absolute Gasteiger partial charge is 0.238 e. The van der Waals surface area contributed by atoms with Gasteiger partial charge in [-0.2, -0.15) is 5.26 Å². The van der Waals surface area contributed by atoms with Crippen LogP contribution in [0.25, 0.3) is 0 Å². The van der Waals surface area contributed by atoms with Crippen LogP contribution in [0.5, 0.6) is 11.5 Å². The predicted octanol–water partition coefficient (Wildman–Crippen LogP) is 2.41. The second-order valence-electron chi connectivity index (χ2n) is 5.72. The Hall–Kier alpha value is -3.53. The minimum atomic E-state index is -0.353. The van der Waals surface area contributed by atoms with E-state index in [4.69, 9.17) is 14.7 Å². The zero-order valence-electron chi connectivity index (χ0n) is 15.2. The van der Waals surface area contributed by atoms with Crippen LogP contribution >= 0.6 is 0 Å². The van der Waals surface area contributed by atoms with Gasteiger partial charge in [-0.15, -0.1) is 0 Å². The van der Waals surface area contributed by atoms with Gasteiger partial charge in [0, 0.05) is 12.2 Å². The van der Waals surface area contributed by atoms with Crippen molar-refractivity contribution < 1.29 is 19.1 Å². The van der Waals surface area contributed by atoms with Crippen molar-refractivity contribution in [3.05, 3.63) is 53.6 Å². The molecule has 0 saturated carbocycles. The Balaban J connectivity index is 1.86. The Morgan fingerprint density at radius 2 is 1.63 bits per heavy atom. The number of methoxy groups -OCH3 is 2. The van der Waals surface area contributed by atoms with Crippen LogP contribution in [0.1, 0.15) is 17.5 Å². The van der Waals surface area contributed by atoms with Gasteiger partial charge in [-0.1, -0.05) is 18.2 Å². The quantitative estimate of drug-likeness (QED) is 0.746. The number of carbonyl (C=O) groups excluding carboxylic acids is 2. The maximum atomic E-state index is 12.2. The van der Waals surface area contributed by atoms with E-state index in [1.807, 2.05) is 6.07 Å². The number of nitrogens with zero attached hydrogens (tertiary/aromatic N) is 1. The standard InChI is InChI=1S/C20H21N3O4/c1-26-17-8-5-15(11-18(17)27-2)12-20(25)22-13-14-3-6-16(7-4-14)23-19(24)9-10-21/h3-8,11H,9,12-13H2,1-2H3,(H,22,25)(H,23,24). The number of hydrogen-bond acceptors (Lipinski definition) is 5. The summed E-state index contributed by atoms with van der Waals surface area (Å²) < 4.78 is 10.4. The van der Waals surface area contributed by atoms with Gasteiger partial charge >= 0.3 is 0 Å². The van der Waals surface area contributed by atoms with Crippen LogP contribution in [0.3, 0.4) is 0 Å². The molecule has 0 saturated heterocycles. The molecule has 2 amide bonds. The van der Waals surface area contributed by atoms with Crippen LogP contribution in [0.4, 0.5) is 5.69 Å². The minimum Gasteiger partial charge on any atom is -0.493 e. The first-order chi connectivity index (χ1) is 13.0. The van der Waals surface area contributed by atoms with E-state index < -0.39 is 0 Å². The van der Waals surface area contributed by atoms with Gasteiger partial charge in [0.05, 0.1) is 26.7 Å². The van der Waals surface area contributed by atoms with Crippen LogP contribution in [0.2, 0.25) is 0 Å². The molecule has 2 rings (SSSR count). The van der Waals surface area contributed by atoms with E-state index in [2.05, 4.69) is 10.6 Å². The number of benzene rings is 2. The molecule has 2 aromatic rings. The van der Waals surface area contributed by atoms with Gasteiger partial charge in [-0.3, -0.25) is 9.59 Å². The average molecular weight is 367 g/mol. The van der Waals surface area contributed by atoms with Crippen molar-refractivity contribution >= 4 is 17.5 Å². The van der Waals surface area contributed by atoms with Crippen LogP contribution < -0.4 is 20.1 Å². The fraction of sp³-hybridized carbons (Fsp3) is 0.250. The van der Waals surface area contributed by atoms with Gasteiger partial charge in [0.1, 0.15) is 6.42 Å². The second-order valence-corrected chi connectivity index (χ2v) is 5.72. The molecule has 0 aliphatic carbocycles. The number of nitriles is 1. The first-order valence-electron chi connectivity index (χ1n) is 8.29. The molecule has 0 atom stereocenters. The monoisotopic (exact) mass is 367 g/mol. The van der Waals surface area contributed by atoms with E-state index in [0.29, 0.717) is 23.7 Å². The lowest BCUT2D eigenvalue weighted by atomic mass is 10.1. The predicted molar refractivity (Wildman–Crippen MR) is 100 cm³/mol. The lowest BCUT2D eigenvalue weighted by molar-refractivity contribution is -0.120. The van der Waals surface area contributed by atoms with Crippen molar-refractivity contribution in [2.24, 2.45) is 0 Å². The average Bonchev–Trinajstić information content (AvgIpc) is 2.67. The molecule has 0 aliphatic rings. The molecule has 0 fully saturated rings. The lowest BCUT2D eigenvalue weighted by Gasteiger charge is -2.10. The summed E-state index contributed by atoms with van der Waals surface area (Å²) in [7, 11) is 3.11. The van der Waals surface area contributed by atoms with Crippen LogP contribution in [-0.4, -0.2) is 26.0 Å². The van der Waals surface area contributed by atoms with E-state index in [-0.39, 0.29) is 24.7 Å². The van der Waals surface area contributed by atoms with Crippen molar-refractivity contribution in [3.8, 4) is 17.6 Å². The molecule has 2 aromatic carbocycles. The Kier molecular flexibility index (Phi) is 7.20. The van der Waals surface area contributed by atoms with Gasteiger partial charge in [-0.05, 0) is 35.4 Å². The fourth-order valence-corrected chi connectivity index (χ4v) is 2.42. The molecule has 0 aromatic heterocycles. The van der Waals surface area contributed by atoms with E-state index in [1.165, 1.54) is 0 Å². The maximum absolute atomic E-state index is 12.2. The molecule has 7 heteroatoms. The summed E-state index contributed by atoms with van der Waals surface area (Å²) in [5.74, 6) is 0.725. The normalized spacial score (nSPS) is 9.81. The molecule has 0 heterocycles. The van der Waals surface area contributed by atoms with E-state index in [1.54, 1.807) is 56.7 Å². The number of anilines is 1. The summed E-state index contributed by atoms with van der Waals surface area (Å²) in [6.45, 7) is 0.374. The first-order valence-corrected chi connectivity index (χ1v) is 8.29. The van der Waals surface area contributed by atoms with E-state index in [9.17, 15) is 9.59 Å². The number of ether oxygens (including phenoxy) is 2. The molecule has 7 nitrogen and oxygen atoms in total. The summed E-state index contributed by atoms with van der Waals surface area (Å²) in [4.78, 5) is 23.5. The molecule has 140 valence electrons. The molecule has 0 aliphatic heterocycles. The maximum Gasteiger partial charge on any atom is 0.238 e. The van der Waals surface area contributed by atoms with Crippen LogP contribution in [0, 0.1) is 11.3 Å². The van der Waals surface area contributed by atoms with E-state index in [0.717, 1.165) is 11.1 Å². The van der Waals surface area contributed by atoms with Crippen molar-refractivity contribution in [1.29, 1.82) is 5.26 Å². The number of nitrogens with one attached hydrogen (secondary N) is 2. The number of hydrogen-bond donors (Lipinski definition) is 2. The van der Waals surface area contributed by atoms with E-state index >= 15 is 0 Å². The minimum absolute atomic E-state index is 0.117. The highest BCUT2D eigenvalue weighted by Gasteiger charge is 2.08. The van der Waals surface area contributed by atoms with Crippen molar-refractivity contribution in [2.45, 2.75) is 19.4 Å². The van der Waals surface area contributed by atoms with Crippen LogP contribution in [0.15, 0.2) is 42.5 Å². The third kappa shape index (κ3) is 6.04. The molecular weight excluding hydrogens is 346 g/mol. The summed E-state index contributed by atoms with van der Waals surface area (Å²) >= 11 is 0. The third-order valence-electron chi connectivity index (χ3n) is 3.78. The Morgan fingerprint density at radius 3 is 2.26 bits per heavy atom. The topological polar surface area (TPSA) is 100 Å². The Labute approximate surface area is 157 Å². The zero-order chi connectivity index (χ0) is 19.6. The van der Waals surface area contributed by atoms with Gasteiger partial charge < -0.3 is 20.1 Å². The summed E-state index contributed by atoms with van der Waals surface area (Å²) in [6.07, 6.45) is 0.0383. The highest BCUT2D eigenvalue weighted by Crippen LogP contribution is 2.27. The molecule has 0 unspecified atom stereocenters. The summed E-state index contributed by atoms with van der Waals surface area (Å²) in [6, 6.07) is 14.2. The number of amides is 2. The molecule has 0 radical (unpaired) electrons. The molecule has 27 heavy (non-hydrogen) atoms. The molecule has 0 bridgehead atoms. The van der Waals surface area contributed by atoms with Crippen molar-refractivity contribution in [1.82, 2.24) is 5.32 Å². The summed E-state index contributed by atoms with van der Waals surface area (Å²) in [5.41, 5.74) is 2.32. The number of carbonyl (C=O) groups is 2. The van der Waals surface area contributed by atoms with Crippen LogP contribution in [-0.2, 0) is 22.6 Å². The second kappa shape index (κ2) is 9.82. The molecule has 2 N–H and O–H groups in total.